The van der Waals surface area contributed by atoms with Gasteiger partial charge in [0.1, 0.15) is 6.26 Å². The van der Waals surface area contributed by atoms with Crippen molar-refractivity contribution in [2.75, 3.05) is 5.32 Å². The Balaban J connectivity index is 1.80. The van der Waals surface area contributed by atoms with E-state index in [-0.39, 0.29) is 32.9 Å². The number of aromatic nitrogens is 1. The van der Waals surface area contributed by atoms with Crippen molar-refractivity contribution < 1.29 is 22.4 Å². The Bertz CT molecular complexity index is 978. The third kappa shape index (κ3) is 4.37. The summed E-state index contributed by atoms with van der Waals surface area (Å²) in [6.45, 7) is 0. The van der Waals surface area contributed by atoms with Crippen molar-refractivity contribution in [1.29, 1.82) is 0 Å². The number of rotatable bonds is 3. The van der Waals surface area contributed by atoms with Gasteiger partial charge in [0.05, 0.1) is 21.3 Å². The van der Waals surface area contributed by atoms with E-state index in [1.165, 1.54) is 24.3 Å². The molecule has 3 aromatic rings. The molecule has 1 aromatic heterocycles. The Morgan fingerprint density at radius 1 is 1.04 bits per heavy atom. The molecule has 0 bridgehead atoms. The van der Waals surface area contributed by atoms with Gasteiger partial charge in [0.2, 0.25) is 5.89 Å². The molecule has 1 heterocycles. The van der Waals surface area contributed by atoms with Gasteiger partial charge in [-0.1, -0.05) is 34.8 Å². The lowest BCUT2D eigenvalue weighted by Crippen LogP contribution is -2.13. The summed E-state index contributed by atoms with van der Waals surface area (Å²) in [6, 6.07) is 6.99. The molecular formula is C17H8Cl3F3N2O2. The van der Waals surface area contributed by atoms with Crippen LogP contribution >= 0.6 is 34.8 Å². The summed E-state index contributed by atoms with van der Waals surface area (Å²) in [5, 5.41) is 3.05. The fraction of sp³-hybridized carbons (Fsp3) is 0.0588. The molecule has 0 aliphatic carbocycles. The van der Waals surface area contributed by atoms with E-state index in [9.17, 15) is 18.0 Å². The molecule has 27 heavy (non-hydrogen) atoms. The molecule has 140 valence electrons. The van der Waals surface area contributed by atoms with Gasteiger partial charge in [-0.15, -0.1) is 0 Å². The molecular weight excluding hydrogens is 428 g/mol. The highest BCUT2D eigenvalue weighted by molar-refractivity contribution is 6.42. The molecule has 4 nitrogen and oxygen atoms in total. The lowest BCUT2D eigenvalue weighted by Gasteiger charge is -2.08. The highest BCUT2D eigenvalue weighted by Crippen LogP contribution is 2.34. The second-order valence-electron chi connectivity index (χ2n) is 5.31. The second kappa shape index (κ2) is 7.42. The summed E-state index contributed by atoms with van der Waals surface area (Å²) in [4.78, 5) is 16.3. The Morgan fingerprint density at radius 2 is 1.63 bits per heavy atom. The first-order valence-electron chi connectivity index (χ1n) is 7.24. The number of halogens is 6. The number of amides is 1. The highest BCUT2D eigenvalue weighted by atomic mass is 35.5. The van der Waals surface area contributed by atoms with Crippen molar-refractivity contribution in [1.82, 2.24) is 4.98 Å². The molecule has 0 unspecified atom stereocenters. The summed E-state index contributed by atoms with van der Waals surface area (Å²) < 4.78 is 43.0. The lowest BCUT2D eigenvalue weighted by molar-refractivity contribution is -0.137. The first kappa shape index (κ1) is 19.5. The largest absolute Gasteiger partial charge is 0.444 e. The molecule has 0 atom stereocenters. The first-order valence-corrected chi connectivity index (χ1v) is 8.37. The number of carbonyl (C=O) groups is 1. The monoisotopic (exact) mass is 434 g/mol. The number of nitrogens with one attached hydrogen (secondary N) is 1. The van der Waals surface area contributed by atoms with Crippen LogP contribution in [0.1, 0.15) is 16.1 Å². The first-order chi connectivity index (χ1) is 12.6. The Morgan fingerprint density at radius 3 is 2.19 bits per heavy atom. The van der Waals surface area contributed by atoms with E-state index in [2.05, 4.69) is 10.3 Å². The maximum Gasteiger partial charge on any atom is 0.416 e. The predicted molar refractivity (Wildman–Crippen MR) is 96.4 cm³/mol. The van der Waals surface area contributed by atoms with E-state index < -0.39 is 17.6 Å². The van der Waals surface area contributed by atoms with Gasteiger partial charge in [-0.25, -0.2) is 4.98 Å². The zero-order valence-electron chi connectivity index (χ0n) is 13.1. The number of carbonyl (C=O) groups excluding carboxylic acids is 1. The third-order valence-electron chi connectivity index (χ3n) is 3.44. The highest BCUT2D eigenvalue weighted by Gasteiger charge is 2.30. The second-order valence-corrected chi connectivity index (χ2v) is 6.56. The SMILES string of the molecule is O=C(Nc1c(Cl)cc(Cl)cc1Cl)c1coc(-c2ccc(C(F)(F)F)cc2)n1. The maximum absolute atomic E-state index is 12.6. The van der Waals surface area contributed by atoms with Crippen molar-refractivity contribution in [2.45, 2.75) is 6.18 Å². The molecule has 10 heteroatoms. The number of alkyl halides is 3. The van der Waals surface area contributed by atoms with Gasteiger partial charge in [0.25, 0.3) is 5.91 Å². The smallest absolute Gasteiger partial charge is 0.416 e. The standard InChI is InChI=1S/C17H8Cl3F3N2O2/c18-10-5-11(19)14(12(20)6-10)25-15(26)13-7-27-16(24-13)8-1-3-9(4-2-8)17(21,22)23/h1-7H,(H,25,26). The van der Waals surface area contributed by atoms with E-state index in [4.69, 9.17) is 39.2 Å². The van der Waals surface area contributed by atoms with E-state index in [0.717, 1.165) is 18.4 Å². The summed E-state index contributed by atoms with van der Waals surface area (Å²) in [7, 11) is 0. The van der Waals surface area contributed by atoms with Crippen molar-refractivity contribution in [3.05, 3.63) is 69.0 Å². The van der Waals surface area contributed by atoms with Crippen LogP contribution in [0.2, 0.25) is 15.1 Å². The molecule has 0 aliphatic rings. The number of hydrogen-bond donors (Lipinski definition) is 1. The fourth-order valence-electron chi connectivity index (χ4n) is 2.15. The fourth-order valence-corrected chi connectivity index (χ4v) is 3.06. The van der Waals surface area contributed by atoms with E-state index in [1.807, 2.05) is 0 Å². The van der Waals surface area contributed by atoms with Crippen LogP contribution in [0.5, 0.6) is 0 Å². The minimum atomic E-state index is -4.45. The third-order valence-corrected chi connectivity index (χ3v) is 4.26. The van der Waals surface area contributed by atoms with Crippen LogP contribution in [0.25, 0.3) is 11.5 Å². The predicted octanol–water partition coefficient (Wildman–Crippen LogP) is 6.57. The van der Waals surface area contributed by atoms with Crippen LogP contribution < -0.4 is 5.32 Å². The maximum atomic E-state index is 12.6. The molecule has 0 radical (unpaired) electrons. The van der Waals surface area contributed by atoms with Crippen LogP contribution in [-0.2, 0) is 6.18 Å². The van der Waals surface area contributed by atoms with E-state index in [0.29, 0.717) is 5.02 Å². The van der Waals surface area contributed by atoms with Gasteiger partial charge in [0, 0.05) is 10.6 Å². The van der Waals surface area contributed by atoms with Crippen molar-refractivity contribution in [3.63, 3.8) is 0 Å². The van der Waals surface area contributed by atoms with E-state index in [1.54, 1.807) is 0 Å². The number of nitrogens with zero attached hydrogens (tertiary/aromatic N) is 1. The summed E-state index contributed by atoms with van der Waals surface area (Å²) in [5.41, 5.74) is -0.480. The van der Waals surface area contributed by atoms with Crippen LogP contribution in [-0.4, -0.2) is 10.9 Å². The Labute approximate surface area is 165 Å². The summed E-state index contributed by atoms with van der Waals surface area (Å²) in [6.07, 6.45) is -3.38. The topological polar surface area (TPSA) is 55.1 Å². The van der Waals surface area contributed by atoms with Crippen molar-refractivity contribution in [3.8, 4) is 11.5 Å². The minimum absolute atomic E-state index is 0.0119. The molecule has 1 N–H and O–H groups in total. The number of hydrogen-bond acceptors (Lipinski definition) is 3. The average molecular weight is 436 g/mol. The van der Waals surface area contributed by atoms with Gasteiger partial charge >= 0.3 is 6.18 Å². The van der Waals surface area contributed by atoms with Crippen LogP contribution in [0.3, 0.4) is 0 Å². The van der Waals surface area contributed by atoms with Gasteiger partial charge in [-0.2, -0.15) is 13.2 Å². The minimum Gasteiger partial charge on any atom is -0.444 e. The van der Waals surface area contributed by atoms with Crippen LogP contribution in [0, 0.1) is 0 Å². The van der Waals surface area contributed by atoms with Gasteiger partial charge in [-0.3, -0.25) is 4.79 Å². The summed E-state index contributed by atoms with van der Waals surface area (Å²) >= 11 is 17.8. The van der Waals surface area contributed by atoms with Crippen LogP contribution in [0.15, 0.2) is 47.1 Å². The molecule has 0 spiro atoms. The lowest BCUT2D eigenvalue weighted by atomic mass is 10.1. The van der Waals surface area contributed by atoms with Crippen molar-refractivity contribution >= 4 is 46.4 Å². The normalized spacial score (nSPS) is 11.5. The van der Waals surface area contributed by atoms with Gasteiger partial charge < -0.3 is 9.73 Å². The Kier molecular flexibility index (Phi) is 5.37. The molecule has 0 fully saturated rings. The molecule has 0 saturated carbocycles. The Hall–Kier alpha value is -2.22. The summed E-state index contributed by atoms with van der Waals surface area (Å²) in [5.74, 6) is -0.676. The average Bonchev–Trinajstić information content (AvgIpc) is 3.07. The molecule has 0 saturated heterocycles. The van der Waals surface area contributed by atoms with Crippen molar-refractivity contribution in [2.24, 2.45) is 0 Å². The number of anilines is 1. The van der Waals surface area contributed by atoms with Gasteiger partial charge in [0.15, 0.2) is 5.69 Å². The zero-order chi connectivity index (χ0) is 19.8. The molecule has 0 aliphatic heterocycles. The van der Waals surface area contributed by atoms with E-state index >= 15 is 0 Å². The van der Waals surface area contributed by atoms with Crippen LogP contribution in [0.4, 0.5) is 18.9 Å². The zero-order valence-corrected chi connectivity index (χ0v) is 15.3. The molecule has 1 amide bonds. The van der Waals surface area contributed by atoms with Gasteiger partial charge in [-0.05, 0) is 36.4 Å². The number of benzene rings is 2. The molecule has 3 rings (SSSR count). The quantitative estimate of drug-likeness (QED) is 0.506. The molecule has 2 aromatic carbocycles. The number of oxazole rings is 1.